The van der Waals surface area contributed by atoms with Crippen molar-refractivity contribution in [2.24, 2.45) is 0 Å². The average molecular weight is 429 g/mol. The number of nitrogens with one attached hydrogen (secondary N) is 1. The lowest BCUT2D eigenvalue weighted by Crippen LogP contribution is -2.31. The molecule has 0 aromatic heterocycles. The van der Waals surface area contributed by atoms with E-state index in [0.717, 1.165) is 9.87 Å². The van der Waals surface area contributed by atoms with Crippen LogP contribution >= 0.6 is 23.2 Å². The number of alkyl halides is 1. The average Bonchev–Trinajstić information content (AvgIpc) is 2.62. The van der Waals surface area contributed by atoms with Crippen LogP contribution in [-0.2, 0) is 14.8 Å². The number of benzene rings is 2. The quantitative estimate of drug-likeness (QED) is 0.434. The van der Waals surface area contributed by atoms with E-state index in [4.69, 9.17) is 23.2 Å². The molecule has 1 amide bonds. The summed E-state index contributed by atoms with van der Waals surface area (Å²) < 4.78 is 25.5. The number of carbonyl (C=O) groups excluding carboxylic acids is 2. The number of hydrogen-bond donors (Lipinski definition) is 1. The van der Waals surface area contributed by atoms with Crippen LogP contribution in [0.3, 0.4) is 0 Å². The van der Waals surface area contributed by atoms with Crippen molar-refractivity contribution in [1.29, 1.82) is 0 Å². The molecular weight excluding hydrogens is 411 g/mol. The molecule has 6 nitrogen and oxygen atoms in total. The molecule has 0 radical (unpaired) electrons. The van der Waals surface area contributed by atoms with Crippen LogP contribution in [0.5, 0.6) is 0 Å². The van der Waals surface area contributed by atoms with Gasteiger partial charge in [0.1, 0.15) is 0 Å². The number of nitrogens with zero attached hydrogens (tertiary/aromatic N) is 1. The van der Waals surface area contributed by atoms with Crippen molar-refractivity contribution in [1.82, 2.24) is 4.31 Å². The second kappa shape index (κ2) is 8.39. The van der Waals surface area contributed by atoms with Gasteiger partial charge in [-0.2, -0.15) is 0 Å². The molecule has 0 saturated carbocycles. The molecule has 27 heavy (non-hydrogen) atoms. The highest BCUT2D eigenvalue weighted by atomic mass is 35.5. The van der Waals surface area contributed by atoms with Gasteiger partial charge in [-0.05, 0) is 25.1 Å². The zero-order chi connectivity index (χ0) is 20.4. The Bertz CT molecular complexity index is 973. The minimum atomic E-state index is -3.71. The molecule has 0 bridgehead atoms. The molecule has 2 rings (SSSR count). The Morgan fingerprint density at radius 1 is 1.07 bits per heavy atom. The third-order valence-electron chi connectivity index (χ3n) is 3.77. The van der Waals surface area contributed by atoms with Gasteiger partial charge in [0.05, 0.1) is 15.6 Å². The fraction of sp³-hybridized carbons (Fsp3) is 0.222. The van der Waals surface area contributed by atoms with E-state index in [9.17, 15) is 18.0 Å². The predicted octanol–water partition coefficient (Wildman–Crippen LogP) is 3.33. The van der Waals surface area contributed by atoms with E-state index in [1.54, 1.807) is 24.3 Å². The normalized spacial score (nSPS) is 12.7. The molecule has 1 unspecified atom stereocenters. The van der Waals surface area contributed by atoms with Crippen molar-refractivity contribution < 1.29 is 18.0 Å². The molecule has 0 spiro atoms. The molecule has 9 heteroatoms. The highest BCUT2D eigenvalue weighted by Crippen LogP contribution is 2.27. The first kappa shape index (κ1) is 21.4. The minimum absolute atomic E-state index is 0.0481. The van der Waals surface area contributed by atoms with Crippen LogP contribution in [0.25, 0.3) is 0 Å². The number of ketones is 1. The summed E-state index contributed by atoms with van der Waals surface area (Å²) in [5, 5.41) is 1.05. The highest BCUT2D eigenvalue weighted by Gasteiger charge is 2.26. The summed E-state index contributed by atoms with van der Waals surface area (Å²) in [7, 11) is -0.940. The fourth-order valence-corrected chi connectivity index (χ4v) is 3.42. The second-order valence-electron chi connectivity index (χ2n) is 6.01. The molecular formula is C18H18Cl2N2O4S. The number of amides is 1. The first-order valence-corrected chi connectivity index (χ1v) is 10.1. The zero-order valence-electron chi connectivity index (χ0n) is 14.9. The standard InChI is InChI=1S/C18H18Cl2N2O4S/c1-11-4-6-12(7-5-11)17(23)16(20)18(24)21-15-10-13(8-9-14(15)19)27(25,26)22(2)3/h4-10,16H,1-3H3,(H,21,24). The number of hydrogen-bond acceptors (Lipinski definition) is 4. The van der Waals surface area contributed by atoms with Crippen LogP contribution in [0, 0.1) is 6.92 Å². The van der Waals surface area contributed by atoms with Crippen LogP contribution in [0.4, 0.5) is 5.69 Å². The maximum atomic E-state index is 12.4. The molecule has 2 aromatic rings. The zero-order valence-corrected chi connectivity index (χ0v) is 17.2. The Hall–Kier alpha value is -1.93. The molecule has 1 atom stereocenters. The Balaban J connectivity index is 2.24. The predicted molar refractivity (Wildman–Crippen MR) is 106 cm³/mol. The number of rotatable bonds is 6. The van der Waals surface area contributed by atoms with Gasteiger partial charge in [0.25, 0.3) is 0 Å². The lowest BCUT2D eigenvalue weighted by Gasteiger charge is -2.15. The fourth-order valence-electron chi connectivity index (χ4n) is 2.15. The molecule has 0 aliphatic carbocycles. The molecule has 1 N–H and O–H groups in total. The number of sulfonamides is 1. The van der Waals surface area contributed by atoms with Gasteiger partial charge in [-0.25, -0.2) is 12.7 Å². The first-order valence-electron chi connectivity index (χ1n) is 7.82. The summed E-state index contributed by atoms with van der Waals surface area (Å²) in [4.78, 5) is 24.7. The van der Waals surface area contributed by atoms with Crippen LogP contribution in [-0.4, -0.2) is 43.9 Å². The molecule has 0 fully saturated rings. The van der Waals surface area contributed by atoms with Gasteiger partial charge in [0, 0.05) is 19.7 Å². The van der Waals surface area contributed by atoms with Crippen LogP contribution < -0.4 is 5.32 Å². The van der Waals surface area contributed by atoms with E-state index in [1.807, 2.05) is 6.92 Å². The smallest absolute Gasteiger partial charge is 0.250 e. The van der Waals surface area contributed by atoms with Gasteiger partial charge < -0.3 is 5.32 Å². The van der Waals surface area contributed by atoms with Crippen LogP contribution in [0.2, 0.25) is 5.02 Å². The molecule has 0 saturated heterocycles. The van der Waals surface area contributed by atoms with E-state index in [0.29, 0.717) is 5.56 Å². The van der Waals surface area contributed by atoms with Crippen molar-refractivity contribution in [3.63, 3.8) is 0 Å². The number of Topliss-reactive ketones (excluding diaryl/α,β-unsaturated/α-hetero) is 1. The van der Waals surface area contributed by atoms with Crippen molar-refractivity contribution in [3.05, 3.63) is 58.6 Å². The van der Waals surface area contributed by atoms with E-state index in [2.05, 4.69) is 5.32 Å². The first-order chi connectivity index (χ1) is 12.5. The maximum absolute atomic E-state index is 12.4. The number of anilines is 1. The Kier molecular flexibility index (Phi) is 6.64. The van der Waals surface area contributed by atoms with Gasteiger partial charge in [-0.1, -0.05) is 41.4 Å². The lowest BCUT2D eigenvalue weighted by atomic mass is 10.1. The van der Waals surface area contributed by atoms with E-state index in [1.165, 1.54) is 32.3 Å². The molecule has 0 aliphatic heterocycles. The number of aryl methyl sites for hydroxylation is 1. The minimum Gasteiger partial charge on any atom is -0.323 e. The summed E-state index contributed by atoms with van der Waals surface area (Å²) in [6, 6.07) is 10.5. The second-order valence-corrected chi connectivity index (χ2v) is 9.01. The maximum Gasteiger partial charge on any atom is 0.250 e. The van der Waals surface area contributed by atoms with Gasteiger partial charge in [-0.3, -0.25) is 9.59 Å². The van der Waals surface area contributed by atoms with Gasteiger partial charge in [0.2, 0.25) is 15.9 Å². The van der Waals surface area contributed by atoms with Gasteiger partial charge in [-0.15, -0.1) is 11.6 Å². The summed E-state index contributed by atoms with van der Waals surface area (Å²) >= 11 is 12.0. The molecule has 0 aliphatic rings. The van der Waals surface area contributed by atoms with E-state index in [-0.39, 0.29) is 15.6 Å². The van der Waals surface area contributed by atoms with E-state index < -0.39 is 27.1 Å². The number of halogens is 2. The third kappa shape index (κ3) is 4.87. The van der Waals surface area contributed by atoms with Gasteiger partial charge in [0.15, 0.2) is 11.2 Å². The van der Waals surface area contributed by atoms with Gasteiger partial charge >= 0.3 is 0 Å². The third-order valence-corrected chi connectivity index (χ3v) is 6.31. The molecule has 144 valence electrons. The SMILES string of the molecule is Cc1ccc(C(=O)C(Cl)C(=O)Nc2cc(S(=O)(=O)N(C)C)ccc2Cl)cc1. The lowest BCUT2D eigenvalue weighted by molar-refractivity contribution is -0.115. The monoisotopic (exact) mass is 428 g/mol. The largest absolute Gasteiger partial charge is 0.323 e. The topological polar surface area (TPSA) is 83.5 Å². The summed E-state index contributed by atoms with van der Waals surface area (Å²) in [6.45, 7) is 1.87. The Morgan fingerprint density at radius 3 is 2.22 bits per heavy atom. The highest BCUT2D eigenvalue weighted by molar-refractivity contribution is 7.89. The van der Waals surface area contributed by atoms with Crippen molar-refractivity contribution in [3.8, 4) is 0 Å². The van der Waals surface area contributed by atoms with Crippen molar-refractivity contribution >= 4 is 50.6 Å². The molecule has 0 heterocycles. The van der Waals surface area contributed by atoms with Crippen molar-refractivity contribution in [2.45, 2.75) is 17.2 Å². The van der Waals surface area contributed by atoms with Crippen molar-refractivity contribution in [2.75, 3.05) is 19.4 Å². The molecule has 2 aromatic carbocycles. The van der Waals surface area contributed by atoms with Crippen LogP contribution in [0.15, 0.2) is 47.4 Å². The Morgan fingerprint density at radius 2 is 1.67 bits per heavy atom. The summed E-state index contributed by atoms with van der Waals surface area (Å²) in [6.07, 6.45) is 0. The Labute approximate surface area is 168 Å². The summed E-state index contributed by atoms with van der Waals surface area (Å²) in [5.41, 5.74) is 1.31. The van der Waals surface area contributed by atoms with E-state index >= 15 is 0 Å². The van der Waals surface area contributed by atoms with Crippen LogP contribution in [0.1, 0.15) is 15.9 Å². The number of carbonyl (C=O) groups is 2. The summed E-state index contributed by atoms with van der Waals surface area (Å²) in [5.74, 6) is -1.37.